The van der Waals surface area contributed by atoms with Crippen LogP contribution in [0.3, 0.4) is 0 Å². The highest BCUT2D eigenvalue weighted by Crippen LogP contribution is 2.06. The van der Waals surface area contributed by atoms with Gasteiger partial charge in [-0.15, -0.1) is 0 Å². The highest BCUT2D eigenvalue weighted by molar-refractivity contribution is 5.77. The molecule has 2 rings (SSSR count). The van der Waals surface area contributed by atoms with E-state index in [1.165, 1.54) is 0 Å². The van der Waals surface area contributed by atoms with Crippen molar-refractivity contribution >= 4 is 11.7 Å². The van der Waals surface area contributed by atoms with Gasteiger partial charge in [-0.1, -0.05) is 0 Å². The monoisotopic (exact) mass is 222 g/mol. The summed E-state index contributed by atoms with van der Waals surface area (Å²) < 4.78 is 5.05. The van der Waals surface area contributed by atoms with E-state index in [2.05, 4.69) is 15.3 Å². The van der Waals surface area contributed by atoms with Crippen molar-refractivity contribution in [2.45, 2.75) is 6.54 Å². The molecular weight excluding hydrogens is 208 g/mol. The minimum Gasteiger partial charge on any atom is -0.372 e. The van der Waals surface area contributed by atoms with E-state index < -0.39 is 0 Å². The van der Waals surface area contributed by atoms with Gasteiger partial charge in [-0.2, -0.15) is 0 Å². The van der Waals surface area contributed by atoms with Crippen LogP contribution in [0.4, 0.5) is 5.82 Å². The second-order valence-electron chi connectivity index (χ2n) is 3.51. The van der Waals surface area contributed by atoms with Crippen LogP contribution in [0.15, 0.2) is 12.4 Å². The standard InChI is InChI=1S/C10H14N4O2/c1-11-9-5-12-8(4-13-9)6-14-2-3-16-7-10(14)15/h4-5H,2-3,6-7H2,1H3,(H,11,13). The maximum Gasteiger partial charge on any atom is 0.249 e. The van der Waals surface area contributed by atoms with Gasteiger partial charge in [0, 0.05) is 13.6 Å². The summed E-state index contributed by atoms with van der Waals surface area (Å²) in [5.74, 6) is 0.725. The van der Waals surface area contributed by atoms with E-state index in [1.807, 2.05) is 0 Å². The number of ether oxygens (including phenoxy) is 1. The minimum absolute atomic E-state index is 0.00532. The molecule has 1 saturated heterocycles. The summed E-state index contributed by atoms with van der Waals surface area (Å²) in [5, 5.41) is 2.89. The van der Waals surface area contributed by atoms with Crippen molar-refractivity contribution in [2.24, 2.45) is 0 Å². The van der Waals surface area contributed by atoms with Gasteiger partial charge in [0.25, 0.3) is 0 Å². The molecule has 1 fully saturated rings. The number of amides is 1. The lowest BCUT2D eigenvalue weighted by molar-refractivity contribution is -0.143. The first-order valence-corrected chi connectivity index (χ1v) is 5.14. The smallest absolute Gasteiger partial charge is 0.249 e. The van der Waals surface area contributed by atoms with E-state index in [1.54, 1.807) is 24.3 Å². The first-order valence-electron chi connectivity index (χ1n) is 5.14. The number of hydrogen-bond acceptors (Lipinski definition) is 5. The first-order chi connectivity index (χ1) is 7.79. The number of aromatic nitrogens is 2. The van der Waals surface area contributed by atoms with E-state index in [-0.39, 0.29) is 12.5 Å². The van der Waals surface area contributed by atoms with Gasteiger partial charge in [0.05, 0.1) is 31.2 Å². The molecule has 1 amide bonds. The summed E-state index contributed by atoms with van der Waals surface area (Å²) >= 11 is 0. The molecule has 16 heavy (non-hydrogen) atoms. The zero-order chi connectivity index (χ0) is 11.4. The molecule has 1 aliphatic rings. The maximum absolute atomic E-state index is 11.5. The lowest BCUT2D eigenvalue weighted by Gasteiger charge is -2.26. The lowest BCUT2D eigenvalue weighted by atomic mass is 10.3. The van der Waals surface area contributed by atoms with Crippen LogP contribution >= 0.6 is 0 Å². The summed E-state index contributed by atoms with van der Waals surface area (Å²) in [6.45, 7) is 1.88. The number of morpholine rings is 1. The molecule has 1 N–H and O–H groups in total. The number of hydrogen-bond donors (Lipinski definition) is 1. The fraction of sp³-hybridized carbons (Fsp3) is 0.500. The van der Waals surface area contributed by atoms with Crippen molar-refractivity contribution in [2.75, 3.05) is 32.1 Å². The van der Waals surface area contributed by atoms with Gasteiger partial charge in [0.1, 0.15) is 12.4 Å². The van der Waals surface area contributed by atoms with E-state index >= 15 is 0 Å². The Kier molecular flexibility index (Phi) is 3.31. The Morgan fingerprint density at radius 2 is 2.38 bits per heavy atom. The Hall–Kier alpha value is -1.69. The van der Waals surface area contributed by atoms with Crippen LogP contribution in [0.1, 0.15) is 5.69 Å². The number of nitrogens with zero attached hydrogens (tertiary/aromatic N) is 3. The number of carbonyl (C=O) groups excluding carboxylic acids is 1. The number of carbonyl (C=O) groups is 1. The zero-order valence-electron chi connectivity index (χ0n) is 9.14. The normalized spacial score (nSPS) is 16.3. The molecule has 86 valence electrons. The van der Waals surface area contributed by atoms with E-state index in [0.717, 1.165) is 11.5 Å². The fourth-order valence-corrected chi connectivity index (χ4v) is 1.48. The van der Waals surface area contributed by atoms with E-state index in [4.69, 9.17) is 4.74 Å². The predicted octanol–water partition coefficient (Wildman–Crippen LogP) is -0.123. The average Bonchev–Trinajstić information content (AvgIpc) is 2.33. The Morgan fingerprint density at radius 3 is 3.00 bits per heavy atom. The number of anilines is 1. The summed E-state index contributed by atoms with van der Waals surface area (Å²) in [4.78, 5) is 21.6. The van der Waals surface area contributed by atoms with Crippen LogP contribution in [0.2, 0.25) is 0 Å². The molecule has 0 radical (unpaired) electrons. The van der Waals surface area contributed by atoms with Crippen molar-refractivity contribution in [3.8, 4) is 0 Å². The van der Waals surface area contributed by atoms with Crippen molar-refractivity contribution in [3.05, 3.63) is 18.1 Å². The molecule has 1 aromatic rings. The maximum atomic E-state index is 11.5. The summed E-state index contributed by atoms with van der Waals surface area (Å²) in [5.41, 5.74) is 0.786. The molecule has 0 saturated carbocycles. The van der Waals surface area contributed by atoms with Crippen LogP contribution in [0.5, 0.6) is 0 Å². The first kappa shape index (κ1) is 10.8. The van der Waals surface area contributed by atoms with Crippen LogP contribution in [0.25, 0.3) is 0 Å². The van der Waals surface area contributed by atoms with Crippen molar-refractivity contribution in [1.29, 1.82) is 0 Å². The van der Waals surface area contributed by atoms with Gasteiger partial charge in [0.15, 0.2) is 0 Å². The van der Waals surface area contributed by atoms with Gasteiger partial charge < -0.3 is 15.0 Å². The van der Waals surface area contributed by atoms with Crippen LogP contribution in [-0.4, -0.2) is 47.6 Å². The molecule has 0 aliphatic carbocycles. The minimum atomic E-state index is 0.00532. The van der Waals surface area contributed by atoms with Crippen LogP contribution in [0, 0.1) is 0 Å². The number of rotatable bonds is 3. The SMILES string of the molecule is CNc1cnc(CN2CCOCC2=O)cn1. The van der Waals surface area contributed by atoms with Crippen molar-refractivity contribution in [1.82, 2.24) is 14.9 Å². The summed E-state index contributed by atoms with van der Waals surface area (Å²) in [6.07, 6.45) is 3.33. The van der Waals surface area contributed by atoms with Crippen molar-refractivity contribution in [3.63, 3.8) is 0 Å². The molecule has 1 aliphatic heterocycles. The van der Waals surface area contributed by atoms with Gasteiger partial charge in [-0.05, 0) is 0 Å². The third-order valence-electron chi connectivity index (χ3n) is 2.40. The Balaban J connectivity index is 1.99. The van der Waals surface area contributed by atoms with E-state index in [0.29, 0.717) is 19.7 Å². The summed E-state index contributed by atoms with van der Waals surface area (Å²) in [7, 11) is 1.79. The largest absolute Gasteiger partial charge is 0.372 e. The molecule has 1 aromatic heterocycles. The predicted molar refractivity (Wildman–Crippen MR) is 57.8 cm³/mol. The average molecular weight is 222 g/mol. The molecular formula is C10H14N4O2. The summed E-state index contributed by atoms with van der Waals surface area (Å²) in [6, 6.07) is 0. The Bertz CT molecular complexity index is 366. The zero-order valence-corrected chi connectivity index (χ0v) is 9.14. The molecule has 6 heteroatoms. The lowest BCUT2D eigenvalue weighted by Crippen LogP contribution is -2.41. The third kappa shape index (κ3) is 2.46. The third-order valence-corrected chi connectivity index (χ3v) is 2.40. The van der Waals surface area contributed by atoms with Crippen LogP contribution in [-0.2, 0) is 16.1 Å². The Labute approximate surface area is 93.6 Å². The van der Waals surface area contributed by atoms with E-state index in [9.17, 15) is 4.79 Å². The highest BCUT2D eigenvalue weighted by atomic mass is 16.5. The van der Waals surface area contributed by atoms with Gasteiger partial charge in [-0.3, -0.25) is 9.78 Å². The second-order valence-corrected chi connectivity index (χ2v) is 3.51. The quantitative estimate of drug-likeness (QED) is 0.772. The fourth-order valence-electron chi connectivity index (χ4n) is 1.48. The molecule has 2 heterocycles. The van der Waals surface area contributed by atoms with Gasteiger partial charge >= 0.3 is 0 Å². The molecule has 6 nitrogen and oxygen atoms in total. The number of nitrogens with one attached hydrogen (secondary N) is 1. The van der Waals surface area contributed by atoms with Crippen molar-refractivity contribution < 1.29 is 9.53 Å². The topological polar surface area (TPSA) is 67.3 Å². The second kappa shape index (κ2) is 4.89. The highest BCUT2D eigenvalue weighted by Gasteiger charge is 2.18. The van der Waals surface area contributed by atoms with Gasteiger partial charge in [0.2, 0.25) is 5.91 Å². The molecule has 0 aromatic carbocycles. The van der Waals surface area contributed by atoms with Gasteiger partial charge in [-0.25, -0.2) is 4.98 Å². The molecule has 0 bridgehead atoms. The van der Waals surface area contributed by atoms with Crippen LogP contribution < -0.4 is 5.32 Å². The molecule has 0 spiro atoms. The molecule has 0 atom stereocenters. The molecule has 0 unspecified atom stereocenters. The Morgan fingerprint density at radius 1 is 1.50 bits per heavy atom.